The Bertz CT molecular complexity index is 1200. The van der Waals surface area contributed by atoms with Gasteiger partial charge in [-0.15, -0.1) is 11.3 Å². The van der Waals surface area contributed by atoms with Crippen LogP contribution in [0.2, 0.25) is 5.02 Å². The predicted octanol–water partition coefficient (Wildman–Crippen LogP) is 5.33. The lowest BCUT2D eigenvalue weighted by atomic mass is 10.1. The van der Waals surface area contributed by atoms with Crippen LogP contribution in [-0.2, 0) is 4.79 Å². The number of ether oxygens (including phenoxy) is 1. The summed E-state index contributed by atoms with van der Waals surface area (Å²) in [6, 6.07) is 19.3. The van der Waals surface area contributed by atoms with Crippen LogP contribution in [-0.4, -0.2) is 28.6 Å². The Morgan fingerprint density at radius 2 is 1.83 bits per heavy atom. The van der Waals surface area contributed by atoms with Crippen LogP contribution in [0.15, 0.2) is 66.7 Å². The Balaban J connectivity index is 1.66. The van der Waals surface area contributed by atoms with Crippen molar-refractivity contribution in [3.63, 3.8) is 0 Å². The number of hydrogen-bond acceptors (Lipinski definition) is 5. The largest absolute Gasteiger partial charge is 0.481 e. The van der Waals surface area contributed by atoms with Gasteiger partial charge in [-0.05, 0) is 48.5 Å². The molecule has 0 aliphatic rings. The molecule has 1 heterocycles. The summed E-state index contributed by atoms with van der Waals surface area (Å²) < 4.78 is 6.50. The maximum absolute atomic E-state index is 12.5. The van der Waals surface area contributed by atoms with E-state index in [0.29, 0.717) is 32.6 Å². The van der Waals surface area contributed by atoms with Gasteiger partial charge in [0.25, 0.3) is 5.91 Å². The van der Waals surface area contributed by atoms with Crippen LogP contribution in [0.1, 0.15) is 10.4 Å². The van der Waals surface area contributed by atoms with Crippen molar-refractivity contribution < 1.29 is 19.4 Å². The minimum Gasteiger partial charge on any atom is -0.481 e. The molecule has 4 rings (SSSR count). The molecule has 0 saturated carbocycles. The number of thiazole rings is 1. The third kappa shape index (κ3) is 4.42. The van der Waals surface area contributed by atoms with Gasteiger partial charge in [-0.25, -0.2) is 9.78 Å². The molecule has 30 heavy (non-hydrogen) atoms. The van der Waals surface area contributed by atoms with Crippen LogP contribution >= 0.6 is 22.9 Å². The molecule has 1 aromatic heterocycles. The molecule has 0 unspecified atom stereocenters. The number of fused-ring (bicyclic) bond motifs is 1. The van der Waals surface area contributed by atoms with Gasteiger partial charge in [0.2, 0.25) is 0 Å². The maximum atomic E-state index is 12.5. The van der Waals surface area contributed by atoms with E-state index < -0.39 is 12.6 Å². The highest BCUT2D eigenvalue weighted by Crippen LogP contribution is 2.37. The third-order valence-electron chi connectivity index (χ3n) is 4.22. The number of carbonyl (C=O) groups is 2. The first-order valence-electron chi connectivity index (χ1n) is 8.91. The van der Waals surface area contributed by atoms with E-state index in [-0.39, 0.29) is 5.91 Å². The van der Waals surface area contributed by atoms with Crippen molar-refractivity contribution in [1.29, 1.82) is 0 Å². The molecule has 1 amide bonds. The van der Waals surface area contributed by atoms with E-state index in [4.69, 9.17) is 21.4 Å². The standard InChI is InChI=1S/C22H15ClN2O4S/c23-14-7-5-13(6-8-14)21(28)24-15-9-10-16(18(11-15)29-12-20(26)27)22-25-17-3-1-2-4-19(17)30-22/h1-11H,12H2,(H,24,28)(H,26,27). The smallest absolute Gasteiger partial charge is 0.341 e. The number of hydrogen-bond donors (Lipinski definition) is 2. The summed E-state index contributed by atoms with van der Waals surface area (Å²) in [6.07, 6.45) is 0. The molecular formula is C22H15ClN2O4S. The van der Waals surface area contributed by atoms with Crippen molar-refractivity contribution in [3.8, 4) is 16.3 Å². The lowest BCUT2D eigenvalue weighted by Gasteiger charge is -2.12. The number of halogens is 1. The molecule has 2 N–H and O–H groups in total. The van der Waals surface area contributed by atoms with E-state index in [1.807, 2.05) is 24.3 Å². The van der Waals surface area contributed by atoms with Crippen molar-refractivity contribution in [1.82, 2.24) is 4.98 Å². The average molecular weight is 439 g/mol. The van der Waals surface area contributed by atoms with Gasteiger partial charge in [-0.3, -0.25) is 4.79 Å². The second-order valence-corrected chi connectivity index (χ2v) is 7.81. The van der Waals surface area contributed by atoms with E-state index in [0.717, 1.165) is 10.2 Å². The Morgan fingerprint density at radius 1 is 1.07 bits per heavy atom. The Kier molecular flexibility index (Phi) is 5.65. The first kappa shape index (κ1) is 19.9. The molecule has 4 aromatic rings. The summed E-state index contributed by atoms with van der Waals surface area (Å²) in [5, 5.41) is 13.0. The summed E-state index contributed by atoms with van der Waals surface area (Å²) in [7, 11) is 0. The highest BCUT2D eigenvalue weighted by Gasteiger charge is 2.15. The average Bonchev–Trinajstić information content (AvgIpc) is 3.16. The third-order valence-corrected chi connectivity index (χ3v) is 5.54. The van der Waals surface area contributed by atoms with Crippen molar-refractivity contribution in [2.24, 2.45) is 0 Å². The quantitative estimate of drug-likeness (QED) is 0.424. The summed E-state index contributed by atoms with van der Waals surface area (Å²) in [6.45, 7) is -0.507. The van der Waals surface area contributed by atoms with Gasteiger partial charge in [0.1, 0.15) is 10.8 Å². The highest BCUT2D eigenvalue weighted by molar-refractivity contribution is 7.21. The van der Waals surface area contributed by atoms with Gasteiger partial charge in [0.15, 0.2) is 6.61 Å². The van der Waals surface area contributed by atoms with E-state index >= 15 is 0 Å². The number of rotatable bonds is 6. The fraction of sp³-hybridized carbons (Fsp3) is 0.0455. The number of aromatic nitrogens is 1. The number of carboxylic acid groups (broad SMARTS) is 1. The summed E-state index contributed by atoms with van der Waals surface area (Å²) in [5.74, 6) is -1.09. The Labute approximate surface area is 180 Å². The molecule has 150 valence electrons. The molecular weight excluding hydrogens is 424 g/mol. The minimum atomic E-state index is -1.10. The molecule has 3 aromatic carbocycles. The minimum absolute atomic E-state index is 0.316. The molecule has 0 atom stereocenters. The number of para-hydroxylation sites is 1. The van der Waals surface area contributed by atoms with Crippen LogP contribution in [0.3, 0.4) is 0 Å². The van der Waals surface area contributed by atoms with Gasteiger partial charge in [-0.2, -0.15) is 0 Å². The zero-order chi connectivity index (χ0) is 21.1. The Morgan fingerprint density at radius 3 is 2.57 bits per heavy atom. The molecule has 0 fully saturated rings. The van der Waals surface area contributed by atoms with Gasteiger partial charge in [0.05, 0.1) is 15.8 Å². The van der Waals surface area contributed by atoms with Crippen molar-refractivity contribution in [2.75, 3.05) is 11.9 Å². The monoisotopic (exact) mass is 438 g/mol. The van der Waals surface area contributed by atoms with E-state index in [1.54, 1.807) is 42.5 Å². The van der Waals surface area contributed by atoms with Gasteiger partial charge < -0.3 is 15.2 Å². The normalized spacial score (nSPS) is 10.7. The first-order valence-corrected chi connectivity index (χ1v) is 10.1. The van der Waals surface area contributed by atoms with Crippen LogP contribution in [0.4, 0.5) is 5.69 Å². The topological polar surface area (TPSA) is 88.5 Å². The first-order chi connectivity index (χ1) is 14.5. The van der Waals surface area contributed by atoms with Crippen molar-refractivity contribution in [3.05, 3.63) is 77.3 Å². The number of nitrogens with one attached hydrogen (secondary N) is 1. The summed E-state index contributed by atoms with van der Waals surface area (Å²) >= 11 is 7.34. The number of anilines is 1. The summed E-state index contributed by atoms with van der Waals surface area (Å²) in [5.41, 5.74) is 2.42. The highest BCUT2D eigenvalue weighted by atomic mass is 35.5. The lowest BCUT2D eigenvalue weighted by Crippen LogP contribution is -2.13. The fourth-order valence-electron chi connectivity index (χ4n) is 2.83. The summed E-state index contributed by atoms with van der Waals surface area (Å²) in [4.78, 5) is 28.1. The lowest BCUT2D eigenvalue weighted by molar-refractivity contribution is -0.139. The second kappa shape index (κ2) is 8.52. The zero-order valence-electron chi connectivity index (χ0n) is 15.5. The van der Waals surface area contributed by atoms with Crippen LogP contribution in [0.5, 0.6) is 5.75 Å². The number of carbonyl (C=O) groups excluding carboxylic acids is 1. The van der Waals surface area contributed by atoms with Crippen LogP contribution in [0, 0.1) is 0 Å². The zero-order valence-corrected chi connectivity index (χ0v) is 17.0. The molecule has 8 heteroatoms. The molecule has 0 bridgehead atoms. The number of aliphatic carboxylic acids is 1. The second-order valence-electron chi connectivity index (χ2n) is 6.34. The molecule has 0 spiro atoms. The van der Waals surface area contributed by atoms with Crippen molar-refractivity contribution >= 4 is 50.7 Å². The predicted molar refractivity (Wildman–Crippen MR) is 118 cm³/mol. The number of nitrogens with zero attached hydrogens (tertiary/aromatic N) is 1. The number of carboxylic acids is 1. The van der Waals surface area contributed by atoms with Crippen LogP contribution < -0.4 is 10.1 Å². The molecule has 0 aliphatic heterocycles. The van der Waals surface area contributed by atoms with Crippen LogP contribution in [0.25, 0.3) is 20.8 Å². The van der Waals surface area contributed by atoms with Gasteiger partial charge in [-0.1, -0.05) is 23.7 Å². The maximum Gasteiger partial charge on any atom is 0.341 e. The molecule has 0 aliphatic carbocycles. The number of amides is 1. The number of benzene rings is 3. The Hall–Kier alpha value is -3.42. The van der Waals surface area contributed by atoms with E-state index in [2.05, 4.69) is 10.3 Å². The van der Waals surface area contributed by atoms with Crippen molar-refractivity contribution in [2.45, 2.75) is 0 Å². The molecule has 0 saturated heterocycles. The fourth-order valence-corrected chi connectivity index (χ4v) is 3.95. The van der Waals surface area contributed by atoms with Gasteiger partial charge in [0, 0.05) is 22.3 Å². The molecule has 0 radical (unpaired) electrons. The SMILES string of the molecule is O=C(O)COc1cc(NC(=O)c2ccc(Cl)cc2)ccc1-c1nc2ccccc2s1. The molecule has 6 nitrogen and oxygen atoms in total. The van der Waals surface area contributed by atoms with Gasteiger partial charge >= 0.3 is 5.97 Å². The van der Waals surface area contributed by atoms with E-state index in [9.17, 15) is 9.59 Å². The van der Waals surface area contributed by atoms with E-state index in [1.165, 1.54) is 11.3 Å².